The van der Waals surface area contributed by atoms with Crippen LogP contribution in [0.25, 0.3) is 0 Å². The predicted molar refractivity (Wildman–Crippen MR) is 90.6 cm³/mol. The highest BCUT2D eigenvalue weighted by Gasteiger charge is 2.34. The van der Waals surface area contributed by atoms with Gasteiger partial charge in [0.1, 0.15) is 0 Å². The molecule has 3 rings (SSSR count). The molecule has 3 atom stereocenters. The highest BCUT2D eigenvalue weighted by molar-refractivity contribution is 4.89. The van der Waals surface area contributed by atoms with Gasteiger partial charge in [0.25, 0.3) is 0 Å². The van der Waals surface area contributed by atoms with Crippen molar-refractivity contribution in [3.8, 4) is 0 Å². The Kier molecular flexibility index (Phi) is 5.99. The second kappa shape index (κ2) is 7.97. The Morgan fingerprint density at radius 3 is 2.62 bits per heavy atom. The van der Waals surface area contributed by atoms with Gasteiger partial charge in [-0.2, -0.15) is 0 Å². The van der Waals surface area contributed by atoms with Crippen LogP contribution in [0.3, 0.4) is 0 Å². The molecule has 0 aromatic heterocycles. The van der Waals surface area contributed by atoms with Gasteiger partial charge < -0.3 is 10.2 Å². The Morgan fingerprint density at radius 1 is 0.952 bits per heavy atom. The third kappa shape index (κ3) is 4.01. The van der Waals surface area contributed by atoms with E-state index in [-0.39, 0.29) is 0 Å². The molecule has 0 radical (unpaired) electrons. The highest BCUT2D eigenvalue weighted by Crippen LogP contribution is 2.36. The molecule has 2 nitrogen and oxygen atoms in total. The number of hydrogen-bond donors (Lipinski definition) is 1. The molecule has 21 heavy (non-hydrogen) atoms. The van der Waals surface area contributed by atoms with E-state index in [1.165, 1.54) is 90.3 Å². The van der Waals surface area contributed by atoms with E-state index in [9.17, 15) is 0 Å². The summed E-state index contributed by atoms with van der Waals surface area (Å²) in [5.41, 5.74) is 0. The van der Waals surface area contributed by atoms with Crippen molar-refractivity contribution in [3.63, 3.8) is 0 Å². The summed E-state index contributed by atoms with van der Waals surface area (Å²) in [7, 11) is 0. The summed E-state index contributed by atoms with van der Waals surface area (Å²) >= 11 is 0. The minimum Gasteiger partial charge on any atom is -0.314 e. The van der Waals surface area contributed by atoms with Crippen molar-refractivity contribution in [1.29, 1.82) is 0 Å². The van der Waals surface area contributed by atoms with Crippen LogP contribution in [0.5, 0.6) is 0 Å². The number of likely N-dealkylation sites (tertiary alicyclic amines) is 1. The van der Waals surface area contributed by atoms with E-state index < -0.39 is 0 Å². The first-order chi connectivity index (χ1) is 10.4. The summed E-state index contributed by atoms with van der Waals surface area (Å²) < 4.78 is 0. The van der Waals surface area contributed by atoms with Crippen molar-refractivity contribution < 1.29 is 0 Å². The van der Waals surface area contributed by atoms with Gasteiger partial charge in [0.2, 0.25) is 0 Å². The zero-order valence-corrected chi connectivity index (χ0v) is 14.2. The molecule has 0 aromatic rings. The summed E-state index contributed by atoms with van der Waals surface area (Å²) in [6, 6.07) is 1.79. The van der Waals surface area contributed by atoms with Gasteiger partial charge in [-0.05, 0) is 82.8 Å². The fourth-order valence-electron chi connectivity index (χ4n) is 5.32. The van der Waals surface area contributed by atoms with Crippen molar-refractivity contribution in [3.05, 3.63) is 0 Å². The van der Waals surface area contributed by atoms with E-state index in [1.807, 2.05) is 0 Å². The molecule has 2 heteroatoms. The van der Waals surface area contributed by atoms with Gasteiger partial charge in [0.05, 0.1) is 0 Å². The van der Waals surface area contributed by atoms with Crippen LogP contribution in [0.2, 0.25) is 0 Å². The fraction of sp³-hybridized carbons (Fsp3) is 1.00. The second-order valence-electron chi connectivity index (χ2n) is 7.83. The van der Waals surface area contributed by atoms with Crippen molar-refractivity contribution in [1.82, 2.24) is 10.2 Å². The van der Waals surface area contributed by atoms with Crippen molar-refractivity contribution in [2.75, 3.05) is 19.6 Å². The Labute approximate surface area is 132 Å². The number of rotatable bonds is 7. The standard InChI is InChI=1S/C19H36N2/c1-2-13-20-18-10-5-9-16(18)12-15-21-14-6-11-19(21)17-7-3-4-8-17/h16-20H,2-15H2,1H3. The maximum Gasteiger partial charge on any atom is 0.0124 e. The molecular weight excluding hydrogens is 256 g/mol. The lowest BCUT2D eigenvalue weighted by Gasteiger charge is -2.31. The third-order valence-electron chi connectivity index (χ3n) is 6.46. The number of nitrogens with one attached hydrogen (secondary N) is 1. The van der Waals surface area contributed by atoms with E-state index in [1.54, 1.807) is 0 Å². The molecule has 2 aliphatic carbocycles. The monoisotopic (exact) mass is 292 g/mol. The molecule has 3 unspecified atom stereocenters. The number of hydrogen-bond acceptors (Lipinski definition) is 2. The van der Waals surface area contributed by atoms with Gasteiger partial charge in [0.15, 0.2) is 0 Å². The van der Waals surface area contributed by atoms with E-state index in [0.29, 0.717) is 0 Å². The Morgan fingerprint density at radius 2 is 1.81 bits per heavy atom. The lowest BCUT2D eigenvalue weighted by Crippen LogP contribution is -2.38. The van der Waals surface area contributed by atoms with E-state index >= 15 is 0 Å². The van der Waals surface area contributed by atoms with Crippen LogP contribution < -0.4 is 5.32 Å². The Bertz CT molecular complexity index is 298. The maximum atomic E-state index is 3.80. The minimum absolute atomic E-state index is 0.831. The number of nitrogens with zero attached hydrogens (tertiary/aromatic N) is 1. The van der Waals surface area contributed by atoms with Crippen LogP contribution in [0.15, 0.2) is 0 Å². The van der Waals surface area contributed by atoms with Gasteiger partial charge in [-0.15, -0.1) is 0 Å². The molecule has 0 bridgehead atoms. The Balaban J connectivity index is 1.45. The van der Waals surface area contributed by atoms with Gasteiger partial charge in [-0.3, -0.25) is 0 Å². The van der Waals surface area contributed by atoms with E-state index in [2.05, 4.69) is 17.1 Å². The molecule has 1 aliphatic heterocycles. The largest absolute Gasteiger partial charge is 0.314 e. The zero-order valence-electron chi connectivity index (χ0n) is 14.2. The molecule has 122 valence electrons. The average molecular weight is 293 g/mol. The lowest BCUT2D eigenvalue weighted by molar-refractivity contribution is 0.175. The van der Waals surface area contributed by atoms with Gasteiger partial charge in [-0.1, -0.05) is 26.2 Å². The summed E-state index contributed by atoms with van der Waals surface area (Å²) in [6.07, 6.45) is 16.1. The van der Waals surface area contributed by atoms with Crippen molar-refractivity contribution >= 4 is 0 Å². The van der Waals surface area contributed by atoms with Crippen LogP contribution in [-0.2, 0) is 0 Å². The molecule has 2 saturated carbocycles. The Hall–Kier alpha value is -0.0800. The van der Waals surface area contributed by atoms with Crippen LogP contribution in [0, 0.1) is 11.8 Å². The van der Waals surface area contributed by atoms with Crippen molar-refractivity contribution in [2.24, 2.45) is 11.8 Å². The lowest BCUT2D eigenvalue weighted by atomic mass is 9.94. The summed E-state index contributed by atoms with van der Waals surface area (Å²) in [6.45, 7) is 6.28. The topological polar surface area (TPSA) is 15.3 Å². The van der Waals surface area contributed by atoms with Gasteiger partial charge in [-0.25, -0.2) is 0 Å². The zero-order chi connectivity index (χ0) is 14.5. The summed E-state index contributed by atoms with van der Waals surface area (Å²) in [5.74, 6) is 2.01. The molecule has 0 spiro atoms. The van der Waals surface area contributed by atoms with Crippen LogP contribution in [-0.4, -0.2) is 36.6 Å². The first-order valence-electron chi connectivity index (χ1n) is 9.86. The minimum atomic E-state index is 0.831. The predicted octanol–water partition coefficient (Wildman–Crippen LogP) is 4.20. The van der Waals surface area contributed by atoms with Crippen LogP contribution in [0.1, 0.15) is 77.6 Å². The van der Waals surface area contributed by atoms with Gasteiger partial charge >= 0.3 is 0 Å². The first-order valence-corrected chi connectivity index (χ1v) is 9.86. The van der Waals surface area contributed by atoms with Crippen LogP contribution >= 0.6 is 0 Å². The van der Waals surface area contributed by atoms with E-state index in [0.717, 1.165) is 23.9 Å². The quantitative estimate of drug-likeness (QED) is 0.756. The van der Waals surface area contributed by atoms with Crippen LogP contribution in [0.4, 0.5) is 0 Å². The highest BCUT2D eigenvalue weighted by atomic mass is 15.2. The van der Waals surface area contributed by atoms with Gasteiger partial charge in [0, 0.05) is 12.1 Å². The molecule has 3 fully saturated rings. The molecular formula is C19H36N2. The third-order valence-corrected chi connectivity index (χ3v) is 6.46. The van der Waals surface area contributed by atoms with Crippen molar-refractivity contribution in [2.45, 2.75) is 89.6 Å². The smallest absolute Gasteiger partial charge is 0.0124 e. The SMILES string of the molecule is CCCNC1CCCC1CCN1CCCC1C1CCCC1. The maximum absolute atomic E-state index is 3.80. The fourth-order valence-corrected chi connectivity index (χ4v) is 5.32. The van der Waals surface area contributed by atoms with E-state index in [4.69, 9.17) is 0 Å². The summed E-state index contributed by atoms with van der Waals surface area (Å²) in [4.78, 5) is 2.88. The molecule has 0 amide bonds. The molecule has 3 aliphatic rings. The molecule has 1 N–H and O–H groups in total. The normalized spacial score (nSPS) is 35.0. The first kappa shape index (κ1) is 15.8. The molecule has 0 aromatic carbocycles. The molecule has 1 heterocycles. The summed E-state index contributed by atoms with van der Waals surface area (Å²) in [5, 5.41) is 3.80. The average Bonchev–Trinajstić information content (AvgIpc) is 3.22. The molecule has 1 saturated heterocycles. The second-order valence-corrected chi connectivity index (χ2v) is 7.83.